The van der Waals surface area contributed by atoms with Crippen LogP contribution >= 0.6 is 11.6 Å². The maximum absolute atomic E-state index is 12.6. The van der Waals surface area contributed by atoms with Gasteiger partial charge in [0.15, 0.2) is 0 Å². The van der Waals surface area contributed by atoms with E-state index in [0.717, 1.165) is 66.6 Å². The van der Waals surface area contributed by atoms with Crippen molar-refractivity contribution in [3.05, 3.63) is 58.4 Å². The molecule has 0 spiro atoms. The number of aromatic nitrogens is 2. The third kappa shape index (κ3) is 4.87. The molecule has 2 aliphatic rings. The average molecular weight is 540 g/mol. The molecule has 202 valence electrons. The molecule has 0 bridgehead atoms. The van der Waals surface area contributed by atoms with Crippen molar-refractivity contribution in [1.29, 1.82) is 0 Å². The Morgan fingerprint density at radius 1 is 1.13 bits per heavy atom. The van der Waals surface area contributed by atoms with Crippen molar-refractivity contribution in [3.63, 3.8) is 0 Å². The summed E-state index contributed by atoms with van der Waals surface area (Å²) < 4.78 is 12.9. The van der Waals surface area contributed by atoms with Crippen LogP contribution in [0.3, 0.4) is 0 Å². The Bertz CT molecular complexity index is 1350. The fraction of sp³-hybridized carbons (Fsp3) is 0.483. The topological polar surface area (TPSA) is 93.9 Å². The summed E-state index contributed by atoms with van der Waals surface area (Å²) in [5, 5.41) is 10.7. The molecule has 3 aromatic rings. The van der Waals surface area contributed by atoms with Gasteiger partial charge in [-0.15, -0.1) is 0 Å². The van der Waals surface area contributed by atoms with Gasteiger partial charge in [-0.2, -0.15) is 0 Å². The van der Waals surface area contributed by atoms with Crippen LogP contribution in [0.15, 0.2) is 36.4 Å². The van der Waals surface area contributed by atoms with Gasteiger partial charge >= 0.3 is 12.1 Å². The average Bonchev–Trinajstić information content (AvgIpc) is 3.29. The number of nitrogens with zero attached hydrogens (tertiary/aromatic N) is 3. The highest BCUT2D eigenvalue weighted by Crippen LogP contribution is 2.40. The first-order valence-corrected chi connectivity index (χ1v) is 13.6. The molecule has 2 atom stereocenters. The van der Waals surface area contributed by atoms with Gasteiger partial charge in [-0.1, -0.05) is 23.7 Å². The van der Waals surface area contributed by atoms with E-state index in [1.54, 1.807) is 36.3 Å². The van der Waals surface area contributed by atoms with Crippen molar-refractivity contribution < 1.29 is 24.2 Å². The summed E-state index contributed by atoms with van der Waals surface area (Å²) in [5.41, 5.74) is 4.29. The number of fused-ring (bicyclic) bond motifs is 3. The number of imidazole rings is 1. The van der Waals surface area contributed by atoms with Gasteiger partial charge in [0, 0.05) is 36.2 Å². The van der Waals surface area contributed by atoms with E-state index in [0.29, 0.717) is 10.6 Å². The molecular formula is C29H34ClN3O5. The van der Waals surface area contributed by atoms with Crippen LogP contribution in [0.1, 0.15) is 67.9 Å². The van der Waals surface area contributed by atoms with Gasteiger partial charge in [0.1, 0.15) is 5.82 Å². The molecule has 1 N–H and O–H groups in total. The van der Waals surface area contributed by atoms with Crippen LogP contribution in [0.2, 0.25) is 5.02 Å². The Morgan fingerprint density at radius 2 is 1.89 bits per heavy atom. The van der Waals surface area contributed by atoms with E-state index in [1.807, 2.05) is 19.1 Å². The predicted octanol–water partition coefficient (Wildman–Crippen LogP) is 6.14. The minimum Gasteiger partial charge on any atom is -0.481 e. The number of aliphatic carboxylic acids is 1. The molecule has 2 aromatic carbocycles. The number of aryl methyl sites for hydroxylation is 1. The molecular weight excluding hydrogens is 506 g/mol. The van der Waals surface area contributed by atoms with Gasteiger partial charge in [0.05, 0.1) is 35.9 Å². The smallest absolute Gasteiger partial charge is 0.414 e. The van der Waals surface area contributed by atoms with Crippen molar-refractivity contribution in [2.24, 2.45) is 0 Å². The number of carbonyl (C=O) groups is 2. The lowest BCUT2D eigenvalue weighted by atomic mass is 9.91. The normalized spacial score (nSPS) is 22.2. The number of carbonyl (C=O) groups excluding carboxylic acids is 1. The second-order valence-corrected chi connectivity index (χ2v) is 10.8. The standard InChI is InChI=1S/C29H34ClN3O5/c1-17-7-12-22-24(32(17)29(36)38-3)13-14-25-27(22)31-26(33(25)20-8-10-21(37-2)11-9-20)16-23(28(34)35)18-5-4-6-19(30)15-18/h4-6,13-15,17,20-21,23H,7-12,16H2,1-3H3,(H,34,35)/t17-,20-,21-,23?/m0/s1. The number of anilines is 1. The van der Waals surface area contributed by atoms with Gasteiger partial charge in [0.2, 0.25) is 0 Å². The third-order valence-corrected chi connectivity index (χ3v) is 8.41. The van der Waals surface area contributed by atoms with E-state index >= 15 is 0 Å². The van der Waals surface area contributed by atoms with Crippen LogP contribution in [0.25, 0.3) is 11.0 Å². The zero-order valence-electron chi connectivity index (χ0n) is 22.0. The first-order chi connectivity index (χ1) is 18.3. The molecule has 1 amide bonds. The second-order valence-electron chi connectivity index (χ2n) is 10.4. The van der Waals surface area contributed by atoms with Crippen LogP contribution in [-0.2, 0) is 27.1 Å². The Kier molecular flexibility index (Phi) is 7.63. The summed E-state index contributed by atoms with van der Waals surface area (Å²) >= 11 is 6.22. The minimum absolute atomic E-state index is 0.0116. The summed E-state index contributed by atoms with van der Waals surface area (Å²) in [6.45, 7) is 2.02. The van der Waals surface area contributed by atoms with Crippen LogP contribution in [0, 0.1) is 0 Å². The highest BCUT2D eigenvalue weighted by molar-refractivity contribution is 6.30. The number of carboxylic acids is 1. The quantitative estimate of drug-likeness (QED) is 0.404. The van der Waals surface area contributed by atoms with Gasteiger partial charge in [0.25, 0.3) is 0 Å². The Morgan fingerprint density at radius 3 is 2.55 bits per heavy atom. The van der Waals surface area contributed by atoms with Crippen molar-refractivity contribution in [3.8, 4) is 0 Å². The molecule has 0 saturated heterocycles. The number of halogens is 1. The Hall–Kier alpha value is -3.10. The number of hydrogen-bond donors (Lipinski definition) is 1. The molecule has 1 aliphatic heterocycles. The monoisotopic (exact) mass is 539 g/mol. The van der Waals surface area contributed by atoms with E-state index in [4.69, 9.17) is 26.1 Å². The maximum atomic E-state index is 12.6. The van der Waals surface area contributed by atoms with Crippen LogP contribution in [0.5, 0.6) is 0 Å². The van der Waals surface area contributed by atoms with Crippen LogP contribution in [-0.4, -0.2) is 53.1 Å². The molecule has 1 aliphatic carbocycles. The predicted molar refractivity (Wildman–Crippen MR) is 146 cm³/mol. The molecule has 8 nitrogen and oxygen atoms in total. The number of benzene rings is 2. The summed E-state index contributed by atoms with van der Waals surface area (Å²) in [6, 6.07) is 11.3. The lowest BCUT2D eigenvalue weighted by Crippen LogP contribution is -2.42. The largest absolute Gasteiger partial charge is 0.481 e. The summed E-state index contributed by atoms with van der Waals surface area (Å²) in [6.07, 6.45) is 5.40. The van der Waals surface area contributed by atoms with Crippen molar-refractivity contribution in [2.75, 3.05) is 19.1 Å². The SMILES string of the molecule is COC(=O)N1c2ccc3c(nc(CC(C(=O)O)c4cccc(Cl)c4)n3[C@H]3CC[C@H](OC)CC3)c2CC[C@@H]1C. The van der Waals surface area contributed by atoms with Crippen LogP contribution in [0.4, 0.5) is 10.5 Å². The van der Waals surface area contributed by atoms with Gasteiger partial charge in [-0.05, 0) is 75.3 Å². The molecule has 2 heterocycles. The van der Waals surface area contributed by atoms with Crippen molar-refractivity contribution in [2.45, 2.75) is 76.0 Å². The number of methoxy groups -OCH3 is 2. The van der Waals surface area contributed by atoms with Crippen LogP contribution < -0.4 is 4.90 Å². The highest BCUT2D eigenvalue weighted by Gasteiger charge is 2.34. The van der Waals surface area contributed by atoms with E-state index in [-0.39, 0.29) is 30.7 Å². The third-order valence-electron chi connectivity index (χ3n) is 8.18. The highest BCUT2D eigenvalue weighted by atomic mass is 35.5. The second kappa shape index (κ2) is 10.9. The zero-order valence-corrected chi connectivity index (χ0v) is 22.8. The first kappa shape index (κ1) is 26.5. The first-order valence-electron chi connectivity index (χ1n) is 13.2. The summed E-state index contributed by atoms with van der Waals surface area (Å²) in [4.78, 5) is 31.9. The van der Waals surface area contributed by atoms with Crippen molar-refractivity contribution >= 4 is 40.4 Å². The number of rotatable bonds is 6. The number of amides is 1. The summed E-state index contributed by atoms with van der Waals surface area (Å²) in [5.74, 6) is -0.964. The summed E-state index contributed by atoms with van der Waals surface area (Å²) in [7, 11) is 3.15. The van der Waals surface area contributed by atoms with E-state index in [1.165, 1.54) is 7.11 Å². The molecule has 9 heteroatoms. The van der Waals surface area contributed by atoms with Gasteiger partial charge in [-0.25, -0.2) is 9.78 Å². The Balaban J connectivity index is 1.63. The number of carboxylic acid groups (broad SMARTS) is 1. The van der Waals surface area contributed by atoms with Crippen molar-refractivity contribution in [1.82, 2.24) is 9.55 Å². The lowest BCUT2D eigenvalue weighted by Gasteiger charge is -2.34. The molecule has 38 heavy (non-hydrogen) atoms. The molecule has 1 fully saturated rings. The van der Waals surface area contributed by atoms with E-state index < -0.39 is 11.9 Å². The fourth-order valence-electron chi connectivity index (χ4n) is 6.17. The zero-order chi connectivity index (χ0) is 27.0. The molecule has 0 radical (unpaired) electrons. The molecule has 1 aromatic heterocycles. The van der Waals surface area contributed by atoms with Gasteiger partial charge in [-0.3, -0.25) is 9.69 Å². The van der Waals surface area contributed by atoms with E-state index in [2.05, 4.69) is 4.57 Å². The number of ether oxygens (including phenoxy) is 2. The maximum Gasteiger partial charge on any atom is 0.414 e. The number of hydrogen-bond acceptors (Lipinski definition) is 5. The lowest BCUT2D eigenvalue weighted by molar-refractivity contribution is -0.138. The Labute approximate surface area is 227 Å². The molecule has 1 saturated carbocycles. The molecule has 5 rings (SSSR count). The molecule has 1 unspecified atom stereocenters. The fourth-order valence-corrected chi connectivity index (χ4v) is 6.37. The minimum atomic E-state index is -0.915. The van der Waals surface area contributed by atoms with Gasteiger partial charge < -0.3 is 19.1 Å². The van der Waals surface area contributed by atoms with E-state index in [9.17, 15) is 14.7 Å².